The Bertz CT molecular complexity index is 1040. The number of carbonyl (C=O) groups is 1. The van der Waals surface area contributed by atoms with Crippen LogP contribution in [0.15, 0.2) is 60.5 Å². The second-order valence-electron chi connectivity index (χ2n) is 8.36. The van der Waals surface area contributed by atoms with E-state index >= 15 is 0 Å². The highest BCUT2D eigenvalue weighted by atomic mass is 32.1. The summed E-state index contributed by atoms with van der Waals surface area (Å²) in [7, 11) is 0. The number of pyridine rings is 2. The van der Waals surface area contributed by atoms with Crippen LogP contribution in [0.3, 0.4) is 0 Å². The van der Waals surface area contributed by atoms with E-state index in [1.807, 2.05) is 29.3 Å². The number of carbonyl (C=O) groups excluding carboxylic acids is 1. The molecule has 0 saturated carbocycles. The summed E-state index contributed by atoms with van der Waals surface area (Å²) in [4.78, 5) is 28.0. The van der Waals surface area contributed by atoms with Crippen LogP contribution in [0.5, 0.6) is 0 Å². The van der Waals surface area contributed by atoms with E-state index in [0.29, 0.717) is 26.2 Å². The van der Waals surface area contributed by atoms with Crippen molar-refractivity contribution in [3.05, 3.63) is 82.1 Å². The minimum atomic E-state index is -0.876. The third kappa shape index (κ3) is 3.89. The monoisotopic (exact) mass is 434 g/mol. The van der Waals surface area contributed by atoms with E-state index in [1.54, 1.807) is 29.9 Å². The first-order chi connectivity index (χ1) is 15.2. The van der Waals surface area contributed by atoms with E-state index in [-0.39, 0.29) is 11.8 Å². The first kappa shape index (κ1) is 20.3. The van der Waals surface area contributed by atoms with Gasteiger partial charge in [0, 0.05) is 68.3 Å². The molecular weight excluding hydrogens is 408 g/mol. The van der Waals surface area contributed by atoms with Crippen molar-refractivity contribution in [1.82, 2.24) is 19.8 Å². The van der Waals surface area contributed by atoms with E-state index < -0.39 is 5.60 Å². The standard InChI is InChI=1S/C24H26N4O2S/c1-18-6-12-31-22(18)16-27-15-21(20-3-2-7-26-13-20)24(17-27)23(29)28(10-11-30-24)14-19-4-8-25-9-5-19/h2-9,12-13,21H,10-11,14-17H2,1H3/t21-,24-/m0/s1. The van der Waals surface area contributed by atoms with E-state index in [4.69, 9.17) is 4.74 Å². The van der Waals surface area contributed by atoms with Crippen LogP contribution < -0.4 is 0 Å². The molecule has 2 aliphatic rings. The third-order valence-electron chi connectivity index (χ3n) is 6.38. The fourth-order valence-electron chi connectivity index (χ4n) is 4.75. The fraction of sp³-hybridized carbons (Fsp3) is 0.375. The van der Waals surface area contributed by atoms with Crippen molar-refractivity contribution in [3.8, 4) is 0 Å². The maximum Gasteiger partial charge on any atom is 0.257 e. The normalized spacial score (nSPS) is 24.2. The number of thiophene rings is 1. The Balaban J connectivity index is 1.45. The molecule has 0 aliphatic carbocycles. The zero-order chi connectivity index (χ0) is 21.3. The van der Waals surface area contributed by atoms with E-state index in [2.05, 4.69) is 39.3 Å². The average molecular weight is 435 g/mol. The van der Waals surface area contributed by atoms with Crippen molar-refractivity contribution in [2.75, 3.05) is 26.2 Å². The quantitative estimate of drug-likeness (QED) is 0.617. The summed E-state index contributed by atoms with van der Waals surface area (Å²) in [6, 6.07) is 10.1. The molecule has 6 nitrogen and oxygen atoms in total. The first-order valence-electron chi connectivity index (χ1n) is 10.6. The summed E-state index contributed by atoms with van der Waals surface area (Å²) < 4.78 is 6.38. The highest BCUT2D eigenvalue weighted by molar-refractivity contribution is 7.10. The predicted molar refractivity (Wildman–Crippen MR) is 120 cm³/mol. The first-order valence-corrected chi connectivity index (χ1v) is 11.5. The van der Waals surface area contributed by atoms with Crippen molar-refractivity contribution in [2.45, 2.75) is 31.5 Å². The molecule has 2 fully saturated rings. The number of ether oxygens (including phenoxy) is 1. The van der Waals surface area contributed by atoms with Crippen molar-refractivity contribution in [3.63, 3.8) is 0 Å². The molecule has 1 amide bonds. The van der Waals surface area contributed by atoms with Crippen molar-refractivity contribution >= 4 is 17.2 Å². The molecule has 2 saturated heterocycles. The van der Waals surface area contributed by atoms with Gasteiger partial charge in [0.15, 0.2) is 5.60 Å². The van der Waals surface area contributed by atoms with Crippen molar-refractivity contribution in [2.24, 2.45) is 0 Å². The number of nitrogens with zero attached hydrogens (tertiary/aromatic N) is 4. The SMILES string of the molecule is Cc1ccsc1CN1C[C@@H](c2cccnc2)[C@]2(C1)OCCN(Cc1ccncc1)C2=O. The third-order valence-corrected chi connectivity index (χ3v) is 7.38. The largest absolute Gasteiger partial charge is 0.361 e. The van der Waals surface area contributed by atoms with Crippen LogP contribution >= 0.6 is 11.3 Å². The van der Waals surface area contributed by atoms with Gasteiger partial charge in [-0.25, -0.2) is 0 Å². The number of aryl methyl sites for hydroxylation is 1. The highest BCUT2D eigenvalue weighted by Gasteiger charge is 2.57. The molecule has 5 heterocycles. The molecule has 0 unspecified atom stereocenters. The van der Waals surface area contributed by atoms with Gasteiger partial charge in [0.2, 0.25) is 0 Å². The number of morpholine rings is 1. The lowest BCUT2D eigenvalue weighted by Crippen LogP contribution is -2.59. The Morgan fingerprint density at radius 2 is 2.03 bits per heavy atom. The summed E-state index contributed by atoms with van der Waals surface area (Å²) in [6.45, 7) is 6.08. The van der Waals surface area contributed by atoms with Crippen LogP contribution in [0.1, 0.15) is 27.5 Å². The fourth-order valence-corrected chi connectivity index (χ4v) is 5.70. The van der Waals surface area contributed by atoms with Gasteiger partial charge in [-0.15, -0.1) is 11.3 Å². The van der Waals surface area contributed by atoms with Gasteiger partial charge in [0.05, 0.1) is 6.61 Å². The minimum absolute atomic E-state index is 0.0470. The Hall–Kier alpha value is -2.61. The number of hydrogen-bond acceptors (Lipinski definition) is 6. The van der Waals surface area contributed by atoms with Crippen LogP contribution in [0, 0.1) is 6.92 Å². The van der Waals surface area contributed by atoms with Crippen molar-refractivity contribution < 1.29 is 9.53 Å². The predicted octanol–water partition coefficient (Wildman–Crippen LogP) is 3.24. The number of rotatable bonds is 5. The van der Waals surface area contributed by atoms with Crippen LogP contribution in [-0.4, -0.2) is 57.5 Å². The molecule has 7 heteroatoms. The van der Waals surface area contributed by atoms with Gasteiger partial charge in [0.25, 0.3) is 5.91 Å². The van der Waals surface area contributed by atoms with Gasteiger partial charge in [-0.1, -0.05) is 6.07 Å². The molecule has 0 N–H and O–H groups in total. The molecule has 0 aromatic carbocycles. The van der Waals surface area contributed by atoms with Gasteiger partial charge < -0.3 is 9.64 Å². The molecule has 31 heavy (non-hydrogen) atoms. The molecule has 2 aliphatic heterocycles. The molecule has 0 radical (unpaired) electrons. The second-order valence-corrected chi connectivity index (χ2v) is 9.36. The van der Waals surface area contributed by atoms with E-state index in [9.17, 15) is 4.79 Å². The second kappa shape index (κ2) is 8.49. The Morgan fingerprint density at radius 3 is 2.77 bits per heavy atom. The Labute approximate surface area is 186 Å². The number of aromatic nitrogens is 2. The van der Waals surface area contributed by atoms with E-state index in [1.165, 1.54) is 10.4 Å². The number of hydrogen-bond donors (Lipinski definition) is 0. The van der Waals surface area contributed by atoms with Gasteiger partial charge in [0.1, 0.15) is 0 Å². The molecule has 160 valence electrons. The van der Waals surface area contributed by atoms with Crippen LogP contribution in [0.4, 0.5) is 0 Å². The Kier molecular flexibility index (Phi) is 5.56. The van der Waals surface area contributed by atoms with Gasteiger partial charge in [-0.2, -0.15) is 0 Å². The van der Waals surface area contributed by atoms with Crippen LogP contribution in [0.2, 0.25) is 0 Å². The molecular formula is C24H26N4O2S. The van der Waals surface area contributed by atoms with Gasteiger partial charge in [-0.3, -0.25) is 19.7 Å². The smallest absolute Gasteiger partial charge is 0.257 e. The molecule has 3 aromatic heterocycles. The number of likely N-dealkylation sites (tertiary alicyclic amines) is 1. The number of amides is 1. The molecule has 1 spiro atoms. The highest BCUT2D eigenvalue weighted by Crippen LogP contribution is 2.42. The summed E-state index contributed by atoms with van der Waals surface area (Å²) in [6.07, 6.45) is 7.20. The maximum absolute atomic E-state index is 13.9. The van der Waals surface area contributed by atoms with E-state index in [0.717, 1.165) is 24.2 Å². The molecule has 0 bridgehead atoms. The summed E-state index contributed by atoms with van der Waals surface area (Å²) in [5.41, 5.74) is 2.58. The Morgan fingerprint density at radius 1 is 1.16 bits per heavy atom. The lowest BCUT2D eigenvalue weighted by molar-refractivity contribution is -0.173. The minimum Gasteiger partial charge on any atom is -0.361 e. The zero-order valence-corrected chi connectivity index (χ0v) is 18.4. The molecule has 2 atom stereocenters. The summed E-state index contributed by atoms with van der Waals surface area (Å²) in [5.74, 6) is 0.0315. The lowest BCUT2D eigenvalue weighted by atomic mass is 9.83. The van der Waals surface area contributed by atoms with Gasteiger partial charge in [-0.05, 0) is 53.3 Å². The van der Waals surface area contributed by atoms with Gasteiger partial charge >= 0.3 is 0 Å². The lowest BCUT2D eigenvalue weighted by Gasteiger charge is -2.42. The topological polar surface area (TPSA) is 58.6 Å². The molecule has 3 aromatic rings. The van der Waals surface area contributed by atoms with Crippen LogP contribution in [0.25, 0.3) is 0 Å². The summed E-state index contributed by atoms with van der Waals surface area (Å²) in [5, 5.41) is 2.13. The molecule has 5 rings (SSSR count). The van der Waals surface area contributed by atoms with Crippen LogP contribution in [-0.2, 0) is 22.6 Å². The summed E-state index contributed by atoms with van der Waals surface area (Å²) >= 11 is 1.78. The average Bonchev–Trinajstić information content (AvgIpc) is 3.37. The zero-order valence-electron chi connectivity index (χ0n) is 17.6. The van der Waals surface area contributed by atoms with Crippen molar-refractivity contribution in [1.29, 1.82) is 0 Å². The maximum atomic E-state index is 13.9.